The summed E-state index contributed by atoms with van der Waals surface area (Å²) >= 11 is 0. The van der Waals surface area contributed by atoms with Crippen LogP contribution in [0.4, 0.5) is 21.5 Å². The highest BCUT2D eigenvalue weighted by Crippen LogP contribution is 2.29. The van der Waals surface area contributed by atoms with E-state index in [-0.39, 0.29) is 18.1 Å². The molecule has 8 nitrogen and oxygen atoms in total. The Morgan fingerprint density at radius 3 is 2.78 bits per heavy atom. The van der Waals surface area contributed by atoms with E-state index in [1.54, 1.807) is 36.2 Å². The number of carbonyl (C=O) groups excluding carboxylic acids is 2. The fraction of sp³-hybridized carbons (Fsp3) is 0.111. The molecule has 27 heavy (non-hydrogen) atoms. The number of aromatic nitrogens is 3. The Bertz CT molecular complexity index is 1030. The smallest absolute Gasteiger partial charge is 0.255 e. The standard InChI is InChI=1S/C18H15FN6O2/c1-24-8-17(26)23-14-6-11(2-4-16(14)24)18(27)22-12-3-5-15(13(19)7-12)25-10-20-9-21-25/h2-7,9-10H,8H2,1H3,(H,22,27)(H,23,26). The van der Waals surface area contributed by atoms with Crippen LogP contribution in [0.15, 0.2) is 49.1 Å². The summed E-state index contributed by atoms with van der Waals surface area (Å²) in [6, 6.07) is 9.30. The van der Waals surface area contributed by atoms with E-state index in [9.17, 15) is 14.0 Å². The number of hydrogen-bond donors (Lipinski definition) is 2. The van der Waals surface area contributed by atoms with Crippen molar-refractivity contribution in [1.29, 1.82) is 0 Å². The van der Waals surface area contributed by atoms with Crippen LogP contribution >= 0.6 is 0 Å². The average molecular weight is 366 g/mol. The van der Waals surface area contributed by atoms with Gasteiger partial charge in [-0.2, -0.15) is 5.10 Å². The van der Waals surface area contributed by atoms with Crippen LogP contribution in [0.25, 0.3) is 5.69 Å². The van der Waals surface area contributed by atoms with Crippen molar-refractivity contribution in [3.8, 4) is 5.69 Å². The highest BCUT2D eigenvalue weighted by atomic mass is 19.1. The van der Waals surface area contributed by atoms with Gasteiger partial charge < -0.3 is 15.5 Å². The number of amides is 2. The molecule has 9 heteroatoms. The van der Waals surface area contributed by atoms with E-state index in [1.807, 2.05) is 0 Å². The number of benzene rings is 2. The predicted molar refractivity (Wildman–Crippen MR) is 97.6 cm³/mol. The van der Waals surface area contributed by atoms with Crippen LogP contribution in [0.5, 0.6) is 0 Å². The molecular weight excluding hydrogens is 351 g/mol. The number of carbonyl (C=O) groups is 2. The highest BCUT2D eigenvalue weighted by molar-refractivity contribution is 6.07. The molecule has 0 unspecified atom stereocenters. The molecule has 0 spiro atoms. The molecule has 2 N–H and O–H groups in total. The Balaban J connectivity index is 1.55. The molecule has 0 aliphatic carbocycles. The monoisotopic (exact) mass is 366 g/mol. The Kier molecular flexibility index (Phi) is 4.03. The van der Waals surface area contributed by atoms with Crippen molar-refractivity contribution in [3.05, 3.63) is 60.4 Å². The number of hydrogen-bond acceptors (Lipinski definition) is 5. The molecule has 3 aromatic rings. The molecule has 0 bridgehead atoms. The second-order valence-corrected chi connectivity index (χ2v) is 6.10. The van der Waals surface area contributed by atoms with Crippen molar-refractivity contribution in [2.24, 2.45) is 0 Å². The first-order chi connectivity index (χ1) is 13.0. The fourth-order valence-electron chi connectivity index (χ4n) is 2.91. The molecule has 136 valence electrons. The van der Waals surface area contributed by atoms with Gasteiger partial charge in [0.25, 0.3) is 5.91 Å². The number of fused-ring (bicyclic) bond motifs is 1. The zero-order valence-electron chi connectivity index (χ0n) is 14.3. The Morgan fingerprint density at radius 1 is 1.22 bits per heavy atom. The van der Waals surface area contributed by atoms with Gasteiger partial charge in [0.15, 0.2) is 5.82 Å². The molecule has 0 atom stereocenters. The van der Waals surface area contributed by atoms with E-state index in [1.165, 1.54) is 29.5 Å². The number of nitrogens with one attached hydrogen (secondary N) is 2. The molecule has 2 aromatic carbocycles. The molecular formula is C18H15FN6O2. The summed E-state index contributed by atoms with van der Waals surface area (Å²) in [7, 11) is 1.80. The van der Waals surface area contributed by atoms with Crippen LogP contribution in [0.1, 0.15) is 10.4 Å². The lowest BCUT2D eigenvalue weighted by Crippen LogP contribution is -2.35. The first-order valence-corrected chi connectivity index (χ1v) is 8.12. The van der Waals surface area contributed by atoms with Gasteiger partial charge in [-0.25, -0.2) is 14.1 Å². The summed E-state index contributed by atoms with van der Waals surface area (Å²) in [5.74, 6) is -1.10. The number of anilines is 3. The topological polar surface area (TPSA) is 92.2 Å². The number of nitrogens with zero attached hydrogens (tertiary/aromatic N) is 4. The lowest BCUT2D eigenvalue weighted by atomic mass is 10.1. The molecule has 0 radical (unpaired) electrons. The normalized spacial score (nSPS) is 13.1. The molecule has 0 fully saturated rings. The van der Waals surface area contributed by atoms with Crippen molar-refractivity contribution in [1.82, 2.24) is 14.8 Å². The van der Waals surface area contributed by atoms with Crippen LogP contribution < -0.4 is 15.5 Å². The van der Waals surface area contributed by atoms with Crippen molar-refractivity contribution >= 4 is 28.9 Å². The zero-order valence-corrected chi connectivity index (χ0v) is 14.3. The van der Waals surface area contributed by atoms with Gasteiger partial charge in [0, 0.05) is 18.3 Å². The Morgan fingerprint density at radius 2 is 2.04 bits per heavy atom. The second kappa shape index (κ2) is 6.52. The van der Waals surface area contributed by atoms with Gasteiger partial charge in [0.1, 0.15) is 18.3 Å². The van der Waals surface area contributed by atoms with Crippen LogP contribution in [0.3, 0.4) is 0 Å². The average Bonchev–Trinajstić information content (AvgIpc) is 3.15. The largest absolute Gasteiger partial charge is 0.364 e. The quantitative estimate of drug-likeness (QED) is 0.740. The SMILES string of the molecule is CN1CC(=O)Nc2cc(C(=O)Nc3ccc(-n4cncn4)c(F)c3)ccc21. The van der Waals surface area contributed by atoms with Gasteiger partial charge in [-0.05, 0) is 36.4 Å². The molecule has 0 saturated carbocycles. The van der Waals surface area contributed by atoms with E-state index >= 15 is 0 Å². The van der Waals surface area contributed by atoms with Gasteiger partial charge in [0.2, 0.25) is 5.91 Å². The van der Waals surface area contributed by atoms with Gasteiger partial charge in [-0.1, -0.05) is 0 Å². The maximum atomic E-state index is 14.3. The minimum absolute atomic E-state index is 0.145. The first kappa shape index (κ1) is 16.7. The third kappa shape index (κ3) is 3.22. The number of likely N-dealkylation sites (N-methyl/N-ethyl adjacent to an activating group) is 1. The molecule has 1 aliphatic heterocycles. The Labute approximate surface area is 153 Å². The predicted octanol–water partition coefficient (Wildman–Crippen LogP) is 2.05. The zero-order chi connectivity index (χ0) is 19.0. The molecule has 2 amide bonds. The summed E-state index contributed by atoms with van der Waals surface area (Å²) in [5, 5.41) is 9.27. The van der Waals surface area contributed by atoms with Gasteiger partial charge in [0.05, 0.1) is 17.9 Å². The second-order valence-electron chi connectivity index (χ2n) is 6.10. The fourth-order valence-corrected chi connectivity index (χ4v) is 2.91. The summed E-state index contributed by atoms with van der Waals surface area (Å²) < 4.78 is 15.6. The molecule has 0 saturated heterocycles. The lowest BCUT2D eigenvalue weighted by molar-refractivity contribution is -0.115. The van der Waals surface area contributed by atoms with Crippen molar-refractivity contribution in [2.45, 2.75) is 0 Å². The minimum Gasteiger partial charge on any atom is -0.364 e. The van der Waals surface area contributed by atoms with Crippen LogP contribution in [0, 0.1) is 5.82 Å². The van der Waals surface area contributed by atoms with Crippen molar-refractivity contribution in [2.75, 3.05) is 29.1 Å². The number of rotatable bonds is 3. The summed E-state index contributed by atoms with van der Waals surface area (Å²) in [5.41, 5.74) is 2.28. The maximum Gasteiger partial charge on any atom is 0.255 e. The summed E-state index contributed by atoms with van der Waals surface area (Å²) in [6.45, 7) is 0.260. The van der Waals surface area contributed by atoms with Crippen LogP contribution in [-0.4, -0.2) is 40.2 Å². The van der Waals surface area contributed by atoms with Gasteiger partial charge in [-0.3, -0.25) is 9.59 Å². The first-order valence-electron chi connectivity index (χ1n) is 8.12. The minimum atomic E-state index is -0.544. The highest BCUT2D eigenvalue weighted by Gasteiger charge is 2.20. The Hall–Kier alpha value is -3.75. The van der Waals surface area contributed by atoms with E-state index in [0.717, 1.165) is 5.69 Å². The van der Waals surface area contributed by atoms with E-state index in [4.69, 9.17) is 0 Å². The molecule has 2 heterocycles. The molecule has 1 aromatic heterocycles. The van der Waals surface area contributed by atoms with Gasteiger partial charge in [-0.15, -0.1) is 0 Å². The summed E-state index contributed by atoms with van der Waals surface area (Å²) in [6.07, 6.45) is 2.69. The third-order valence-corrected chi connectivity index (χ3v) is 4.20. The van der Waals surface area contributed by atoms with E-state index in [0.29, 0.717) is 16.9 Å². The van der Waals surface area contributed by atoms with Crippen molar-refractivity contribution < 1.29 is 14.0 Å². The number of halogens is 1. The van der Waals surface area contributed by atoms with Crippen LogP contribution in [-0.2, 0) is 4.79 Å². The van der Waals surface area contributed by atoms with E-state index < -0.39 is 11.7 Å². The van der Waals surface area contributed by atoms with Gasteiger partial charge >= 0.3 is 0 Å². The lowest BCUT2D eigenvalue weighted by Gasteiger charge is -2.27. The molecule has 4 rings (SSSR count). The van der Waals surface area contributed by atoms with E-state index in [2.05, 4.69) is 20.7 Å². The maximum absolute atomic E-state index is 14.3. The van der Waals surface area contributed by atoms with Crippen molar-refractivity contribution in [3.63, 3.8) is 0 Å². The van der Waals surface area contributed by atoms with Crippen LogP contribution in [0.2, 0.25) is 0 Å². The molecule has 1 aliphatic rings. The third-order valence-electron chi connectivity index (χ3n) is 4.20. The summed E-state index contributed by atoms with van der Waals surface area (Å²) in [4.78, 5) is 29.7.